The summed E-state index contributed by atoms with van der Waals surface area (Å²) in [5.74, 6) is 0.354. The number of furan rings is 1. The third-order valence-electron chi connectivity index (χ3n) is 3.17. The molecule has 1 amide bonds. The van der Waals surface area contributed by atoms with Crippen LogP contribution in [0, 0.1) is 0 Å². The van der Waals surface area contributed by atoms with Crippen molar-refractivity contribution >= 4 is 28.9 Å². The van der Waals surface area contributed by atoms with E-state index in [2.05, 4.69) is 5.32 Å². The van der Waals surface area contributed by atoms with Gasteiger partial charge in [0.25, 0.3) is 5.91 Å². The molecule has 0 aliphatic carbocycles. The van der Waals surface area contributed by atoms with E-state index in [4.69, 9.17) is 27.5 Å². The molecule has 5 nitrogen and oxygen atoms in total. The summed E-state index contributed by atoms with van der Waals surface area (Å²) in [7, 11) is 0. The van der Waals surface area contributed by atoms with Crippen LogP contribution in [0.5, 0.6) is 0 Å². The topological polar surface area (TPSA) is 94.3 Å². The van der Waals surface area contributed by atoms with Crippen molar-refractivity contribution in [3.63, 3.8) is 0 Å². The van der Waals surface area contributed by atoms with Crippen LogP contribution >= 0.6 is 11.6 Å². The van der Waals surface area contributed by atoms with Gasteiger partial charge in [-0.3, -0.25) is 4.79 Å². The van der Waals surface area contributed by atoms with Gasteiger partial charge in [0.1, 0.15) is 5.76 Å². The molecule has 0 saturated carbocycles. The Balaban J connectivity index is 2.09. The molecule has 0 radical (unpaired) electrons. The van der Waals surface area contributed by atoms with Crippen molar-refractivity contribution in [1.29, 1.82) is 0 Å². The number of hydrogen-bond donors (Lipinski definition) is 3. The highest BCUT2D eigenvalue weighted by atomic mass is 35.5. The van der Waals surface area contributed by atoms with E-state index in [9.17, 15) is 4.79 Å². The van der Waals surface area contributed by atoms with Crippen LogP contribution in [0.25, 0.3) is 0 Å². The van der Waals surface area contributed by atoms with Gasteiger partial charge >= 0.3 is 0 Å². The molecule has 6 heteroatoms. The molecule has 0 aliphatic rings. The number of hydrogen-bond acceptors (Lipinski definition) is 4. The molecule has 1 atom stereocenters. The molecule has 112 valence electrons. The molecule has 1 aromatic heterocycles. The summed E-state index contributed by atoms with van der Waals surface area (Å²) in [4.78, 5) is 11.5. The molecule has 0 fully saturated rings. The number of nitrogen functional groups attached to an aromatic ring is 1. The van der Waals surface area contributed by atoms with Crippen LogP contribution in [0.3, 0.4) is 0 Å². The molecule has 1 unspecified atom stereocenters. The van der Waals surface area contributed by atoms with Gasteiger partial charge in [-0.2, -0.15) is 0 Å². The third-order valence-corrected chi connectivity index (χ3v) is 3.47. The van der Waals surface area contributed by atoms with Gasteiger partial charge in [-0.05, 0) is 37.6 Å². The van der Waals surface area contributed by atoms with E-state index in [1.807, 2.05) is 19.1 Å². The van der Waals surface area contributed by atoms with Crippen LogP contribution in [0.2, 0.25) is 5.02 Å². The van der Waals surface area contributed by atoms with E-state index in [0.29, 0.717) is 22.0 Å². The molecule has 2 aromatic rings. The summed E-state index contributed by atoms with van der Waals surface area (Å²) in [5.41, 5.74) is 12.3. The molecule has 0 aliphatic heterocycles. The SMILES string of the molecule is CC(CCc1ccco1)Nc1c(Cl)cc(N)cc1C(N)=O. The first kappa shape index (κ1) is 15.3. The quantitative estimate of drug-likeness (QED) is 0.715. The maximum Gasteiger partial charge on any atom is 0.250 e. The highest BCUT2D eigenvalue weighted by Gasteiger charge is 2.15. The molecule has 1 heterocycles. The summed E-state index contributed by atoms with van der Waals surface area (Å²) in [6.07, 6.45) is 3.27. The number of nitrogens with one attached hydrogen (secondary N) is 1. The standard InChI is InChI=1S/C15H18ClN3O2/c1-9(4-5-11-3-2-6-21-11)19-14-12(15(18)20)7-10(17)8-13(14)16/h2-3,6-9,19H,4-5,17H2,1H3,(H2,18,20). The van der Waals surface area contributed by atoms with E-state index in [0.717, 1.165) is 18.6 Å². The zero-order valence-corrected chi connectivity index (χ0v) is 12.5. The summed E-state index contributed by atoms with van der Waals surface area (Å²) in [5, 5.41) is 3.60. The lowest BCUT2D eigenvalue weighted by Crippen LogP contribution is -2.21. The molecule has 0 bridgehead atoms. The summed E-state index contributed by atoms with van der Waals surface area (Å²) >= 11 is 6.15. The largest absolute Gasteiger partial charge is 0.469 e. The molecule has 1 aromatic carbocycles. The molecular formula is C15H18ClN3O2. The molecule has 0 saturated heterocycles. The second-order valence-corrected chi connectivity index (χ2v) is 5.36. The third kappa shape index (κ3) is 3.92. The Morgan fingerprint density at radius 1 is 1.48 bits per heavy atom. The molecule has 2 rings (SSSR count). The number of carbonyl (C=O) groups excluding carboxylic acids is 1. The van der Waals surface area contributed by atoms with Gasteiger partial charge in [-0.15, -0.1) is 0 Å². The van der Waals surface area contributed by atoms with Crippen molar-refractivity contribution in [2.45, 2.75) is 25.8 Å². The highest BCUT2D eigenvalue weighted by molar-refractivity contribution is 6.34. The van der Waals surface area contributed by atoms with E-state index in [-0.39, 0.29) is 6.04 Å². The van der Waals surface area contributed by atoms with Crippen molar-refractivity contribution < 1.29 is 9.21 Å². The van der Waals surface area contributed by atoms with Crippen LogP contribution in [-0.2, 0) is 6.42 Å². The number of benzene rings is 1. The lowest BCUT2D eigenvalue weighted by Gasteiger charge is -2.18. The molecule has 0 spiro atoms. The minimum Gasteiger partial charge on any atom is -0.469 e. The number of aryl methyl sites for hydroxylation is 1. The number of halogens is 1. The average molecular weight is 308 g/mol. The first-order chi connectivity index (χ1) is 9.97. The predicted octanol–water partition coefficient (Wildman–Crippen LogP) is 3.05. The predicted molar refractivity (Wildman–Crippen MR) is 84.5 cm³/mol. The fraction of sp³-hybridized carbons (Fsp3) is 0.267. The smallest absolute Gasteiger partial charge is 0.250 e. The first-order valence-corrected chi connectivity index (χ1v) is 7.03. The summed E-state index contributed by atoms with van der Waals surface area (Å²) in [6.45, 7) is 2.00. The second-order valence-electron chi connectivity index (χ2n) is 4.95. The lowest BCUT2D eigenvalue weighted by atomic mass is 10.1. The van der Waals surface area contributed by atoms with Crippen LogP contribution in [0.15, 0.2) is 34.9 Å². The molecule has 5 N–H and O–H groups in total. The van der Waals surface area contributed by atoms with E-state index < -0.39 is 5.91 Å². The number of rotatable bonds is 6. The van der Waals surface area contributed by atoms with Crippen LogP contribution in [0.1, 0.15) is 29.5 Å². The Labute approximate surface area is 128 Å². The molecule has 21 heavy (non-hydrogen) atoms. The number of nitrogens with two attached hydrogens (primary N) is 2. The van der Waals surface area contributed by atoms with Gasteiger partial charge in [0.05, 0.1) is 22.5 Å². The van der Waals surface area contributed by atoms with Gasteiger partial charge in [0, 0.05) is 18.2 Å². The highest BCUT2D eigenvalue weighted by Crippen LogP contribution is 2.30. The van der Waals surface area contributed by atoms with Crippen molar-refractivity contribution in [3.8, 4) is 0 Å². The Morgan fingerprint density at radius 3 is 2.86 bits per heavy atom. The van der Waals surface area contributed by atoms with Crippen LogP contribution in [0.4, 0.5) is 11.4 Å². The minimum absolute atomic E-state index is 0.0920. The number of primary amides is 1. The van der Waals surface area contributed by atoms with Crippen molar-refractivity contribution in [1.82, 2.24) is 0 Å². The first-order valence-electron chi connectivity index (χ1n) is 6.65. The lowest BCUT2D eigenvalue weighted by molar-refractivity contribution is 0.100. The van der Waals surface area contributed by atoms with Gasteiger partial charge < -0.3 is 21.2 Å². The Morgan fingerprint density at radius 2 is 2.24 bits per heavy atom. The van der Waals surface area contributed by atoms with Crippen molar-refractivity contribution in [2.75, 3.05) is 11.1 Å². The Hall–Kier alpha value is -2.14. The van der Waals surface area contributed by atoms with Gasteiger partial charge in [0.15, 0.2) is 0 Å². The second kappa shape index (κ2) is 6.54. The Kier molecular flexibility index (Phi) is 4.75. The van der Waals surface area contributed by atoms with Crippen LogP contribution < -0.4 is 16.8 Å². The minimum atomic E-state index is -0.565. The number of anilines is 2. The average Bonchev–Trinajstić information content (AvgIpc) is 2.92. The van der Waals surface area contributed by atoms with E-state index in [1.165, 1.54) is 6.07 Å². The zero-order chi connectivity index (χ0) is 15.4. The van der Waals surface area contributed by atoms with Gasteiger partial charge in [-0.25, -0.2) is 0 Å². The fourth-order valence-corrected chi connectivity index (χ4v) is 2.38. The Bertz CT molecular complexity index is 626. The van der Waals surface area contributed by atoms with E-state index >= 15 is 0 Å². The number of amides is 1. The van der Waals surface area contributed by atoms with Crippen LogP contribution in [-0.4, -0.2) is 11.9 Å². The van der Waals surface area contributed by atoms with Crippen molar-refractivity contribution in [2.24, 2.45) is 5.73 Å². The van der Waals surface area contributed by atoms with Crippen molar-refractivity contribution in [3.05, 3.63) is 46.9 Å². The van der Waals surface area contributed by atoms with Gasteiger partial charge in [0.2, 0.25) is 0 Å². The maximum absolute atomic E-state index is 11.5. The molecular weight excluding hydrogens is 290 g/mol. The van der Waals surface area contributed by atoms with Gasteiger partial charge in [-0.1, -0.05) is 11.6 Å². The monoisotopic (exact) mass is 307 g/mol. The number of carbonyl (C=O) groups is 1. The summed E-state index contributed by atoms with van der Waals surface area (Å²) in [6, 6.07) is 6.99. The van der Waals surface area contributed by atoms with E-state index in [1.54, 1.807) is 12.3 Å². The maximum atomic E-state index is 11.5. The normalized spacial score (nSPS) is 12.1. The summed E-state index contributed by atoms with van der Waals surface area (Å²) < 4.78 is 5.29. The fourth-order valence-electron chi connectivity index (χ4n) is 2.10. The zero-order valence-electron chi connectivity index (χ0n) is 11.7.